The first-order valence-corrected chi connectivity index (χ1v) is 8.77. The lowest BCUT2D eigenvalue weighted by Gasteiger charge is -2.08. The van der Waals surface area contributed by atoms with Crippen LogP contribution in [0.4, 0.5) is 0 Å². The molecule has 1 aromatic rings. The van der Waals surface area contributed by atoms with Crippen LogP contribution in [-0.4, -0.2) is 27.4 Å². The van der Waals surface area contributed by atoms with Crippen LogP contribution in [0.25, 0.3) is 0 Å². The molecule has 7 heteroatoms. The molecule has 0 bridgehead atoms. The molecule has 0 unspecified atom stereocenters. The average Bonchev–Trinajstić information content (AvgIpc) is 3.20. The largest absolute Gasteiger partial charge is 0.356 e. The normalized spacial score (nSPS) is 15.1. The van der Waals surface area contributed by atoms with Gasteiger partial charge in [0, 0.05) is 24.0 Å². The van der Waals surface area contributed by atoms with Crippen LogP contribution < -0.4 is 10.0 Å². The molecule has 2 rings (SSSR count). The fourth-order valence-corrected chi connectivity index (χ4v) is 3.74. The van der Waals surface area contributed by atoms with Gasteiger partial charge in [-0.3, -0.25) is 4.79 Å². The Morgan fingerprint density at radius 1 is 1.30 bits per heavy atom. The smallest absolute Gasteiger partial charge is 0.241 e. The van der Waals surface area contributed by atoms with Gasteiger partial charge in [-0.15, -0.1) is 0 Å². The molecule has 1 aliphatic carbocycles. The second-order valence-corrected chi connectivity index (χ2v) is 7.42. The summed E-state index contributed by atoms with van der Waals surface area (Å²) in [6, 6.07) is 6.58. The number of benzene rings is 1. The summed E-state index contributed by atoms with van der Waals surface area (Å²) in [5.74, 6) is 0.502. The zero-order chi connectivity index (χ0) is 14.6. The van der Waals surface area contributed by atoms with Crippen LogP contribution in [0.1, 0.15) is 19.3 Å². The second-order valence-electron chi connectivity index (χ2n) is 4.83. The lowest BCUT2D eigenvalue weighted by Crippen LogP contribution is -2.31. The van der Waals surface area contributed by atoms with Gasteiger partial charge in [-0.1, -0.05) is 12.1 Å². The molecule has 20 heavy (non-hydrogen) atoms. The Hall–Kier alpha value is -0.920. The second kappa shape index (κ2) is 6.69. The van der Waals surface area contributed by atoms with Gasteiger partial charge in [-0.05, 0) is 46.8 Å². The minimum absolute atomic E-state index is 0.0974. The van der Waals surface area contributed by atoms with E-state index in [1.54, 1.807) is 18.2 Å². The Bertz CT molecular complexity index is 585. The van der Waals surface area contributed by atoms with Crippen LogP contribution in [0.15, 0.2) is 33.6 Å². The monoisotopic (exact) mass is 360 g/mol. The molecule has 1 aromatic carbocycles. The van der Waals surface area contributed by atoms with Gasteiger partial charge in [0.15, 0.2) is 0 Å². The molecule has 0 spiro atoms. The van der Waals surface area contributed by atoms with Crippen LogP contribution in [0, 0.1) is 5.92 Å². The van der Waals surface area contributed by atoms with Crippen LogP contribution in [0.2, 0.25) is 0 Å². The lowest BCUT2D eigenvalue weighted by molar-refractivity contribution is -0.120. The van der Waals surface area contributed by atoms with Crippen LogP contribution in [0.3, 0.4) is 0 Å². The highest BCUT2D eigenvalue weighted by Crippen LogP contribution is 2.27. The van der Waals surface area contributed by atoms with Crippen molar-refractivity contribution in [2.45, 2.75) is 24.2 Å². The molecule has 0 heterocycles. The van der Waals surface area contributed by atoms with Crippen molar-refractivity contribution >= 4 is 31.9 Å². The van der Waals surface area contributed by atoms with E-state index < -0.39 is 10.0 Å². The molecule has 110 valence electrons. The van der Waals surface area contributed by atoms with Crippen LogP contribution >= 0.6 is 15.9 Å². The molecule has 0 aliphatic heterocycles. The highest BCUT2D eigenvalue weighted by Gasteiger charge is 2.21. The van der Waals surface area contributed by atoms with Crippen LogP contribution in [-0.2, 0) is 14.8 Å². The van der Waals surface area contributed by atoms with Crippen molar-refractivity contribution in [1.29, 1.82) is 0 Å². The maximum Gasteiger partial charge on any atom is 0.241 e. The SMILES string of the molecule is O=C(CCNS(=O)(=O)c1ccccc1Br)NCC1CC1. The summed E-state index contributed by atoms with van der Waals surface area (Å²) in [6.07, 6.45) is 2.50. The van der Waals surface area contributed by atoms with Crippen molar-refractivity contribution in [2.24, 2.45) is 5.92 Å². The molecule has 0 aromatic heterocycles. The van der Waals surface area contributed by atoms with Gasteiger partial charge in [0.05, 0.1) is 4.90 Å². The molecule has 1 aliphatic rings. The first-order chi connectivity index (χ1) is 9.49. The Labute approximate surface area is 127 Å². The van der Waals surface area contributed by atoms with Crippen molar-refractivity contribution in [3.8, 4) is 0 Å². The molecule has 0 atom stereocenters. The highest BCUT2D eigenvalue weighted by atomic mass is 79.9. The Morgan fingerprint density at radius 2 is 2.00 bits per heavy atom. The number of carbonyl (C=O) groups excluding carboxylic acids is 1. The summed E-state index contributed by atoms with van der Waals surface area (Å²) in [4.78, 5) is 11.7. The van der Waals surface area contributed by atoms with E-state index in [0.717, 1.165) is 0 Å². The molecular formula is C13H17BrN2O3S. The molecule has 0 saturated heterocycles. The Balaban J connectivity index is 1.80. The summed E-state index contributed by atoms with van der Waals surface area (Å²) >= 11 is 3.20. The summed E-state index contributed by atoms with van der Waals surface area (Å²) in [5.41, 5.74) is 0. The van der Waals surface area contributed by atoms with E-state index in [-0.39, 0.29) is 23.8 Å². The molecule has 5 nitrogen and oxygen atoms in total. The van der Waals surface area contributed by atoms with E-state index in [0.29, 0.717) is 16.9 Å². The van der Waals surface area contributed by atoms with Gasteiger partial charge in [0.25, 0.3) is 0 Å². The third-order valence-corrected chi connectivity index (χ3v) is 5.53. The molecule has 2 N–H and O–H groups in total. The quantitative estimate of drug-likeness (QED) is 0.775. The summed E-state index contributed by atoms with van der Waals surface area (Å²) < 4.78 is 27.0. The van der Waals surface area contributed by atoms with E-state index in [4.69, 9.17) is 0 Å². The maximum absolute atomic E-state index is 12.0. The predicted molar refractivity (Wildman–Crippen MR) is 79.7 cm³/mol. The topological polar surface area (TPSA) is 75.3 Å². The summed E-state index contributed by atoms with van der Waals surface area (Å²) in [6.45, 7) is 0.802. The number of sulfonamides is 1. The van der Waals surface area contributed by atoms with Gasteiger partial charge in [-0.2, -0.15) is 0 Å². The molecular weight excluding hydrogens is 344 g/mol. The number of amides is 1. The number of nitrogens with one attached hydrogen (secondary N) is 2. The van der Waals surface area contributed by atoms with Crippen molar-refractivity contribution < 1.29 is 13.2 Å². The predicted octanol–water partition coefficient (Wildman–Crippen LogP) is 1.64. The van der Waals surface area contributed by atoms with Crippen molar-refractivity contribution in [3.05, 3.63) is 28.7 Å². The zero-order valence-corrected chi connectivity index (χ0v) is 13.3. The van der Waals surface area contributed by atoms with E-state index in [2.05, 4.69) is 26.0 Å². The van der Waals surface area contributed by atoms with E-state index >= 15 is 0 Å². The van der Waals surface area contributed by atoms with Gasteiger partial charge in [-0.25, -0.2) is 13.1 Å². The molecule has 1 amide bonds. The standard InChI is InChI=1S/C13H17BrN2O3S/c14-11-3-1-2-4-12(11)20(18,19)16-8-7-13(17)15-9-10-5-6-10/h1-4,10,16H,5-9H2,(H,15,17). The van der Waals surface area contributed by atoms with Crippen molar-refractivity contribution in [3.63, 3.8) is 0 Å². The summed E-state index contributed by atoms with van der Waals surface area (Å²) in [7, 11) is -3.58. The van der Waals surface area contributed by atoms with Gasteiger partial charge in [0.1, 0.15) is 0 Å². The van der Waals surface area contributed by atoms with Crippen LogP contribution in [0.5, 0.6) is 0 Å². The van der Waals surface area contributed by atoms with Crippen molar-refractivity contribution in [1.82, 2.24) is 10.0 Å². The van der Waals surface area contributed by atoms with Crippen molar-refractivity contribution in [2.75, 3.05) is 13.1 Å². The number of halogens is 1. The average molecular weight is 361 g/mol. The Morgan fingerprint density at radius 3 is 2.65 bits per heavy atom. The minimum Gasteiger partial charge on any atom is -0.356 e. The number of hydrogen-bond acceptors (Lipinski definition) is 3. The fourth-order valence-electron chi connectivity index (χ4n) is 1.71. The lowest BCUT2D eigenvalue weighted by atomic mass is 10.3. The van der Waals surface area contributed by atoms with E-state index in [9.17, 15) is 13.2 Å². The zero-order valence-electron chi connectivity index (χ0n) is 10.9. The van der Waals surface area contributed by atoms with Gasteiger partial charge < -0.3 is 5.32 Å². The van der Waals surface area contributed by atoms with E-state index in [1.807, 2.05) is 0 Å². The number of rotatable bonds is 7. The third kappa shape index (κ3) is 4.57. The number of carbonyl (C=O) groups is 1. The number of hydrogen-bond donors (Lipinski definition) is 2. The van der Waals surface area contributed by atoms with E-state index in [1.165, 1.54) is 18.9 Å². The van der Waals surface area contributed by atoms with Gasteiger partial charge >= 0.3 is 0 Å². The first kappa shape index (κ1) is 15.5. The molecule has 1 fully saturated rings. The molecule has 0 radical (unpaired) electrons. The first-order valence-electron chi connectivity index (χ1n) is 6.50. The van der Waals surface area contributed by atoms with Gasteiger partial charge in [0.2, 0.25) is 15.9 Å². The highest BCUT2D eigenvalue weighted by molar-refractivity contribution is 9.10. The minimum atomic E-state index is -3.58. The maximum atomic E-state index is 12.0. The summed E-state index contributed by atoms with van der Waals surface area (Å²) in [5, 5.41) is 2.80. The fraction of sp³-hybridized carbons (Fsp3) is 0.462. The molecule has 1 saturated carbocycles. The Kier molecular flexibility index (Phi) is 5.17. The third-order valence-electron chi connectivity index (χ3n) is 3.06.